The van der Waals surface area contributed by atoms with Crippen LogP contribution < -0.4 is 0 Å². The predicted octanol–water partition coefficient (Wildman–Crippen LogP) is -1.11. The molecule has 0 radical (unpaired) electrons. The Kier molecular flexibility index (Phi) is 4.25. The van der Waals surface area contributed by atoms with E-state index in [9.17, 15) is 0 Å². The highest BCUT2D eigenvalue weighted by atomic mass is 28.1. The molecule has 0 aromatic rings. The van der Waals surface area contributed by atoms with E-state index >= 15 is 0 Å². The molecular weight excluding hydrogens is 84.1 g/mol. The maximum Gasteiger partial charge on any atom is 0.0712 e. The summed E-state index contributed by atoms with van der Waals surface area (Å²) in [7, 11) is 2.56. The molecule has 2 nitrogen and oxygen atoms in total. The zero-order valence-corrected chi connectivity index (χ0v) is 5.52. The molecule has 0 rings (SSSR count). The van der Waals surface area contributed by atoms with Crippen molar-refractivity contribution in [3.8, 4) is 0 Å². The summed E-state index contributed by atoms with van der Waals surface area (Å²) in [4.78, 5) is 8.62. The molecule has 32 valence electrons. The fourth-order valence-corrected chi connectivity index (χ4v) is 0.354. The SMILES string of the molecule is COOC[SiH3]. The van der Waals surface area contributed by atoms with Gasteiger partial charge in [0.15, 0.2) is 0 Å². The van der Waals surface area contributed by atoms with Gasteiger partial charge in [-0.2, -0.15) is 0 Å². The van der Waals surface area contributed by atoms with Crippen molar-refractivity contribution in [1.82, 2.24) is 0 Å². The van der Waals surface area contributed by atoms with Crippen LogP contribution in [-0.2, 0) is 9.78 Å². The van der Waals surface area contributed by atoms with Crippen LogP contribution in [0.2, 0.25) is 0 Å². The Labute approximate surface area is 34.4 Å². The molecule has 0 saturated carbocycles. The molecule has 0 aromatic heterocycles. The van der Waals surface area contributed by atoms with Gasteiger partial charge >= 0.3 is 0 Å². The molecule has 0 fully saturated rings. The van der Waals surface area contributed by atoms with Crippen LogP contribution in [0.3, 0.4) is 0 Å². The standard InChI is InChI=1S/C2H8O2Si/c1-3-4-2-5/h2H2,1,5H3. The van der Waals surface area contributed by atoms with E-state index in [4.69, 9.17) is 0 Å². The summed E-state index contributed by atoms with van der Waals surface area (Å²) in [5.41, 5.74) is 0. The van der Waals surface area contributed by atoms with Gasteiger partial charge in [-0.15, -0.1) is 0 Å². The van der Waals surface area contributed by atoms with Gasteiger partial charge in [0.05, 0.1) is 13.3 Å². The van der Waals surface area contributed by atoms with Crippen LogP contribution in [0.25, 0.3) is 0 Å². The molecule has 0 saturated heterocycles. The minimum atomic E-state index is 0.760. The second kappa shape index (κ2) is 4.14. The maximum absolute atomic E-state index is 4.40. The maximum atomic E-state index is 4.40. The van der Waals surface area contributed by atoms with Gasteiger partial charge in [0, 0.05) is 10.2 Å². The number of hydrogen-bond donors (Lipinski definition) is 0. The molecule has 0 heterocycles. The minimum absolute atomic E-state index is 0.760. The van der Waals surface area contributed by atoms with Crippen LogP contribution in [0, 0.1) is 0 Å². The normalized spacial score (nSPS) is 9.00. The van der Waals surface area contributed by atoms with Gasteiger partial charge in [-0.1, -0.05) is 0 Å². The third-order valence-electron chi connectivity index (χ3n) is 0.236. The highest BCUT2D eigenvalue weighted by Gasteiger charge is 1.63. The van der Waals surface area contributed by atoms with E-state index in [1.54, 1.807) is 0 Å². The summed E-state index contributed by atoms with van der Waals surface area (Å²) in [5.74, 6) is 0. The summed E-state index contributed by atoms with van der Waals surface area (Å²) in [6, 6.07) is 0. The Morgan fingerprint density at radius 3 is 2.40 bits per heavy atom. The number of hydrogen-bond acceptors (Lipinski definition) is 2. The highest BCUT2D eigenvalue weighted by Crippen LogP contribution is 1.60. The van der Waals surface area contributed by atoms with E-state index < -0.39 is 0 Å². The van der Waals surface area contributed by atoms with E-state index in [0.29, 0.717) is 0 Å². The topological polar surface area (TPSA) is 18.5 Å². The van der Waals surface area contributed by atoms with Crippen molar-refractivity contribution in [2.75, 3.05) is 13.3 Å². The van der Waals surface area contributed by atoms with Crippen LogP contribution in [-0.4, -0.2) is 23.6 Å². The summed E-state index contributed by atoms with van der Waals surface area (Å²) in [6.07, 6.45) is 0.760. The quantitative estimate of drug-likeness (QED) is 0.244. The molecule has 0 spiro atoms. The van der Waals surface area contributed by atoms with E-state index in [2.05, 4.69) is 9.78 Å². The summed E-state index contributed by atoms with van der Waals surface area (Å²) in [5, 5.41) is 0. The summed E-state index contributed by atoms with van der Waals surface area (Å²) in [6.45, 7) is 0. The lowest BCUT2D eigenvalue weighted by atomic mass is 11.7. The van der Waals surface area contributed by atoms with Crippen molar-refractivity contribution in [1.29, 1.82) is 0 Å². The predicted molar refractivity (Wildman–Crippen MR) is 22.9 cm³/mol. The first-order valence-electron chi connectivity index (χ1n) is 1.57. The van der Waals surface area contributed by atoms with Crippen LogP contribution >= 0.6 is 0 Å². The van der Waals surface area contributed by atoms with E-state index in [-0.39, 0.29) is 0 Å². The molecule has 0 aromatic carbocycles. The Morgan fingerprint density at radius 2 is 2.40 bits per heavy atom. The Balaban J connectivity index is 2.19. The first-order valence-corrected chi connectivity index (χ1v) is 2.98. The summed E-state index contributed by atoms with van der Waals surface area (Å²) >= 11 is 0. The van der Waals surface area contributed by atoms with Gasteiger partial charge in [0.2, 0.25) is 0 Å². The van der Waals surface area contributed by atoms with Crippen molar-refractivity contribution in [2.24, 2.45) is 0 Å². The monoisotopic (exact) mass is 92.0 g/mol. The van der Waals surface area contributed by atoms with Crippen LogP contribution in [0.1, 0.15) is 0 Å². The molecule has 0 amide bonds. The van der Waals surface area contributed by atoms with Crippen LogP contribution in [0.5, 0.6) is 0 Å². The number of rotatable bonds is 2. The molecular formula is C2H8O2Si. The molecule has 0 N–H and O–H groups in total. The van der Waals surface area contributed by atoms with Gasteiger partial charge in [-0.25, -0.2) is 9.78 Å². The first kappa shape index (κ1) is 5.14. The van der Waals surface area contributed by atoms with Crippen molar-refractivity contribution >= 4 is 10.2 Å². The average molecular weight is 92.2 g/mol. The Bertz CT molecular complexity index is 15.1. The van der Waals surface area contributed by atoms with Crippen LogP contribution in [0.15, 0.2) is 0 Å². The van der Waals surface area contributed by atoms with Crippen molar-refractivity contribution in [3.63, 3.8) is 0 Å². The van der Waals surface area contributed by atoms with Crippen molar-refractivity contribution < 1.29 is 9.78 Å². The molecule has 5 heavy (non-hydrogen) atoms. The molecule has 0 atom stereocenters. The van der Waals surface area contributed by atoms with E-state index in [1.807, 2.05) is 0 Å². The second-order valence-electron chi connectivity index (χ2n) is 0.573. The van der Waals surface area contributed by atoms with E-state index in [0.717, 1.165) is 16.5 Å². The second-order valence-corrected chi connectivity index (χ2v) is 1.15. The van der Waals surface area contributed by atoms with Gasteiger partial charge in [-0.3, -0.25) is 0 Å². The fourth-order valence-electron chi connectivity index (χ4n) is 0.118. The lowest BCUT2D eigenvalue weighted by molar-refractivity contribution is -0.256. The lowest BCUT2D eigenvalue weighted by Gasteiger charge is -1.86. The largest absolute Gasteiger partial charge is 0.242 e. The fraction of sp³-hybridized carbons (Fsp3) is 1.00. The summed E-state index contributed by atoms with van der Waals surface area (Å²) < 4.78 is 0. The van der Waals surface area contributed by atoms with Gasteiger partial charge in [-0.05, 0) is 0 Å². The van der Waals surface area contributed by atoms with Gasteiger partial charge < -0.3 is 0 Å². The van der Waals surface area contributed by atoms with E-state index in [1.165, 1.54) is 7.11 Å². The minimum Gasteiger partial charge on any atom is -0.242 e. The van der Waals surface area contributed by atoms with Gasteiger partial charge in [0.25, 0.3) is 0 Å². The zero-order chi connectivity index (χ0) is 4.12. The molecule has 0 aliphatic rings. The molecule has 0 bridgehead atoms. The molecule has 0 aliphatic carbocycles. The smallest absolute Gasteiger partial charge is 0.0712 e. The Morgan fingerprint density at radius 1 is 1.80 bits per heavy atom. The highest BCUT2D eigenvalue weighted by molar-refractivity contribution is 6.08. The van der Waals surface area contributed by atoms with Crippen molar-refractivity contribution in [2.45, 2.75) is 0 Å². The zero-order valence-electron chi connectivity index (χ0n) is 3.52. The molecule has 0 unspecified atom stereocenters. The van der Waals surface area contributed by atoms with Crippen molar-refractivity contribution in [3.05, 3.63) is 0 Å². The lowest BCUT2D eigenvalue weighted by Crippen LogP contribution is -1.88. The van der Waals surface area contributed by atoms with Crippen LogP contribution in [0.4, 0.5) is 0 Å². The first-order chi connectivity index (χ1) is 2.41. The Hall–Kier alpha value is 0.137. The van der Waals surface area contributed by atoms with Gasteiger partial charge in [0.1, 0.15) is 0 Å². The third-order valence-corrected chi connectivity index (χ3v) is 0.471. The average Bonchev–Trinajstić information content (AvgIpc) is 1.41. The molecule has 0 aliphatic heterocycles. The molecule has 3 heteroatoms. The third kappa shape index (κ3) is 4.14.